The van der Waals surface area contributed by atoms with Gasteiger partial charge in [0.05, 0.1) is 0 Å². The van der Waals surface area contributed by atoms with Crippen molar-refractivity contribution in [3.8, 4) is 0 Å². The number of rotatable bonds is 16. The van der Waals surface area contributed by atoms with Crippen LogP contribution >= 0.6 is 0 Å². The molecule has 1 aromatic carbocycles. The molecule has 3 nitrogen and oxygen atoms in total. The minimum Gasteiger partial charge on any atom is -0.399 e. The van der Waals surface area contributed by atoms with Crippen molar-refractivity contribution in [1.82, 2.24) is 5.01 Å². The van der Waals surface area contributed by atoms with Crippen molar-refractivity contribution in [2.24, 2.45) is 0 Å². The van der Waals surface area contributed by atoms with Gasteiger partial charge >= 0.3 is 0 Å². The van der Waals surface area contributed by atoms with Gasteiger partial charge in [0, 0.05) is 24.5 Å². The number of nitrogens with two attached hydrogens (primary N) is 1. The molecule has 0 bridgehead atoms. The van der Waals surface area contributed by atoms with Crippen LogP contribution in [0.4, 0.5) is 11.4 Å². The lowest BCUT2D eigenvalue weighted by molar-refractivity contribution is 0.310. The summed E-state index contributed by atoms with van der Waals surface area (Å²) in [6.45, 7) is 6.81. The van der Waals surface area contributed by atoms with Gasteiger partial charge in [-0.25, -0.2) is 5.01 Å². The fourth-order valence-corrected chi connectivity index (χ4v) is 3.13. The Labute approximate surface area is 156 Å². The molecule has 0 saturated carbocycles. The second-order valence-corrected chi connectivity index (χ2v) is 7.26. The van der Waals surface area contributed by atoms with Crippen molar-refractivity contribution >= 4 is 11.4 Å². The van der Waals surface area contributed by atoms with E-state index in [0.717, 1.165) is 24.5 Å². The molecule has 0 saturated heterocycles. The quantitative estimate of drug-likeness (QED) is 0.200. The predicted molar refractivity (Wildman–Crippen MR) is 113 cm³/mol. The zero-order chi connectivity index (χ0) is 18.2. The van der Waals surface area contributed by atoms with E-state index < -0.39 is 0 Å². The molecule has 1 rings (SSSR count). The fraction of sp³-hybridized carbons (Fsp3) is 0.727. The number of nitrogen functional groups attached to an aromatic ring is 1. The Morgan fingerprint density at radius 3 is 1.60 bits per heavy atom. The number of unbranched alkanes of at least 4 members (excludes halogenated alkanes) is 10. The summed E-state index contributed by atoms with van der Waals surface area (Å²) in [5.74, 6) is 0. The summed E-state index contributed by atoms with van der Waals surface area (Å²) >= 11 is 0. The topological polar surface area (TPSA) is 41.3 Å². The molecule has 1 aromatic rings. The molecular weight excluding hydrogens is 306 g/mol. The van der Waals surface area contributed by atoms with Crippen LogP contribution in [0.5, 0.6) is 0 Å². The van der Waals surface area contributed by atoms with Crippen molar-refractivity contribution in [3.63, 3.8) is 0 Å². The third-order valence-electron chi connectivity index (χ3n) is 4.76. The van der Waals surface area contributed by atoms with Crippen LogP contribution in [0.3, 0.4) is 0 Å². The lowest BCUT2D eigenvalue weighted by Gasteiger charge is -2.24. The average Bonchev–Trinajstić information content (AvgIpc) is 2.62. The van der Waals surface area contributed by atoms with Gasteiger partial charge in [-0.1, -0.05) is 78.1 Å². The lowest BCUT2D eigenvalue weighted by Crippen LogP contribution is -2.32. The van der Waals surface area contributed by atoms with E-state index in [-0.39, 0.29) is 0 Å². The molecular formula is C22H41N3. The summed E-state index contributed by atoms with van der Waals surface area (Å²) in [6.07, 6.45) is 16.2. The standard InChI is InChI=1S/C22H41N3/c1-3-5-7-9-11-13-19-25(20-14-12-10-8-6-4-2)24-22-17-15-21(23)16-18-22/h15-18,24H,3-14,19-20,23H2,1-2H3. The molecule has 0 heterocycles. The van der Waals surface area contributed by atoms with Gasteiger partial charge in [0.15, 0.2) is 0 Å². The van der Waals surface area contributed by atoms with Crippen LogP contribution in [0.2, 0.25) is 0 Å². The van der Waals surface area contributed by atoms with Crippen molar-refractivity contribution in [2.75, 3.05) is 24.2 Å². The van der Waals surface area contributed by atoms with Crippen LogP contribution in [0.1, 0.15) is 90.9 Å². The lowest BCUT2D eigenvalue weighted by atomic mass is 10.1. The average molecular weight is 348 g/mol. The Hall–Kier alpha value is -1.22. The highest BCUT2D eigenvalue weighted by molar-refractivity contribution is 5.50. The Morgan fingerprint density at radius 2 is 1.12 bits per heavy atom. The molecule has 0 aliphatic heterocycles. The fourth-order valence-electron chi connectivity index (χ4n) is 3.13. The summed E-state index contributed by atoms with van der Waals surface area (Å²) < 4.78 is 0. The first kappa shape index (κ1) is 21.8. The Balaban J connectivity index is 2.31. The van der Waals surface area contributed by atoms with E-state index in [1.165, 1.54) is 77.0 Å². The van der Waals surface area contributed by atoms with E-state index in [1.807, 2.05) is 12.1 Å². The van der Waals surface area contributed by atoms with Gasteiger partial charge in [0.1, 0.15) is 0 Å². The highest BCUT2D eigenvalue weighted by atomic mass is 15.5. The van der Waals surface area contributed by atoms with Gasteiger partial charge in [-0.3, -0.25) is 0 Å². The van der Waals surface area contributed by atoms with Crippen molar-refractivity contribution in [3.05, 3.63) is 24.3 Å². The molecule has 0 unspecified atom stereocenters. The molecule has 25 heavy (non-hydrogen) atoms. The number of nitrogens with zero attached hydrogens (tertiary/aromatic N) is 1. The third-order valence-corrected chi connectivity index (χ3v) is 4.76. The van der Waals surface area contributed by atoms with Crippen LogP contribution in [-0.2, 0) is 0 Å². The highest BCUT2D eigenvalue weighted by Crippen LogP contribution is 2.14. The second kappa shape index (κ2) is 15.1. The molecule has 0 atom stereocenters. The van der Waals surface area contributed by atoms with Crippen molar-refractivity contribution < 1.29 is 0 Å². The maximum absolute atomic E-state index is 5.79. The summed E-state index contributed by atoms with van der Waals surface area (Å²) in [4.78, 5) is 0. The maximum Gasteiger partial charge on any atom is 0.0491 e. The number of hydrogen-bond acceptors (Lipinski definition) is 3. The van der Waals surface area contributed by atoms with Crippen LogP contribution < -0.4 is 11.2 Å². The number of nitrogens with one attached hydrogen (secondary N) is 1. The van der Waals surface area contributed by atoms with E-state index in [2.05, 4.69) is 36.4 Å². The van der Waals surface area contributed by atoms with Gasteiger partial charge in [0.2, 0.25) is 0 Å². The van der Waals surface area contributed by atoms with Gasteiger partial charge in [-0.15, -0.1) is 0 Å². The van der Waals surface area contributed by atoms with Gasteiger partial charge in [-0.2, -0.15) is 0 Å². The van der Waals surface area contributed by atoms with Crippen LogP contribution in [-0.4, -0.2) is 18.1 Å². The van der Waals surface area contributed by atoms with Crippen LogP contribution in [0, 0.1) is 0 Å². The Kier molecular flexibility index (Phi) is 13.2. The number of benzene rings is 1. The summed E-state index contributed by atoms with van der Waals surface area (Å²) in [5, 5.41) is 2.41. The second-order valence-electron chi connectivity index (χ2n) is 7.26. The zero-order valence-electron chi connectivity index (χ0n) is 16.7. The maximum atomic E-state index is 5.79. The van der Waals surface area contributed by atoms with Gasteiger partial charge in [0.25, 0.3) is 0 Å². The zero-order valence-corrected chi connectivity index (χ0v) is 16.7. The smallest absolute Gasteiger partial charge is 0.0491 e. The Bertz CT molecular complexity index is 386. The first-order valence-corrected chi connectivity index (χ1v) is 10.6. The van der Waals surface area contributed by atoms with E-state index >= 15 is 0 Å². The molecule has 0 aliphatic rings. The number of hydrogen-bond donors (Lipinski definition) is 2. The number of hydrazine groups is 1. The molecule has 0 aliphatic carbocycles. The number of anilines is 2. The normalized spacial score (nSPS) is 11.2. The molecule has 0 radical (unpaired) electrons. The Morgan fingerprint density at radius 1 is 0.680 bits per heavy atom. The molecule has 0 aromatic heterocycles. The highest BCUT2D eigenvalue weighted by Gasteiger charge is 2.05. The monoisotopic (exact) mass is 347 g/mol. The predicted octanol–water partition coefficient (Wildman–Crippen LogP) is 6.62. The van der Waals surface area contributed by atoms with E-state index in [1.54, 1.807) is 0 Å². The first-order valence-electron chi connectivity index (χ1n) is 10.6. The minimum atomic E-state index is 0.823. The van der Waals surface area contributed by atoms with Crippen molar-refractivity contribution in [1.29, 1.82) is 0 Å². The molecule has 3 heteroatoms. The van der Waals surface area contributed by atoms with E-state index in [9.17, 15) is 0 Å². The molecule has 0 fully saturated rings. The van der Waals surface area contributed by atoms with Crippen molar-refractivity contribution in [2.45, 2.75) is 90.9 Å². The van der Waals surface area contributed by atoms with E-state index in [4.69, 9.17) is 5.73 Å². The molecule has 144 valence electrons. The summed E-state index contributed by atoms with van der Waals surface area (Å²) in [6, 6.07) is 8.08. The molecule has 0 spiro atoms. The van der Waals surface area contributed by atoms with Gasteiger partial charge < -0.3 is 11.2 Å². The molecule has 3 N–H and O–H groups in total. The van der Waals surface area contributed by atoms with Crippen LogP contribution in [0.15, 0.2) is 24.3 Å². The summed E-state index contributed by atoms with van der Waals surface area (Å²) in [7, 11) is 0. The third kappa shape index (κ3) is 11.9. The van der Waals surface area contributed by atoms with Gasteiger partial charge in [-0.05, 0) is 37.1 Å². The summed E-state index contributed by atoms with van der Waals surface area (Å²) in [5.41, 5.74) is 11.3. The minimum absolute atomic E-state index is 0.823. The molecule has 0 amide bonds. The SMILES string of the molecule is CCCCCCCCN(CCCCCCCC)Nc1ccc(N)cc1. The first-order chi connectivity index (χ1) is 12.3. The van der Waals surface area contributed by atoms with Crippen LogP contribution in [0.25, 0.3) is 0 Å². The van der Waals surface area contributed by atoms with E-state index in [0.29, 0.717) is 0 Å². The largest absolute Gasteiger partial charge is 0.399 e.